The zero-order valence-corrected chi connectivity index (χ0v) is 12.6. The quantitative estimate of drug-likeness (QED) is 0.859. The average molecular weight is 301 g/mol. The lowest BCUT2D eigenvalue weighted by Crippen LogP contribution is -2.38. The summed E-state index contributed by atoms with van der Waals surface area (Å²) in [5.41, 5.74) is 0.546. The molecule has 2 aromatic rings. The molecule has 2 rings (SSSR count). The second-order valence-corrected chi connectivity index (χ2v) is 5.24. The summed E-state index contributed by atoms with van der Waals surface area (Å²) in [5, 5.41) is 13.9. The molecule has 0 fully saturated rings. The van der Waals surface area contributed by atoms with Crippen LogP contribution in [0.1, 0.15) is 18.5 Å². The minimum Gasteiger partial charge on any atom is -0.479 e. The van der Waals surface area contributed by atoms with Gasteiger partial charge >= 0.3 is 5.97 Å². The molecule has 0 aliphatic rings. The van der Waals surface area contributed by atoms with Crippen LogP contribution >= 0.6 is 0 Å². The molecule has 116 valence electrons. The van der Waals surface area contributed by atoms with Crippen molar-refractivity contribution >= 4 is 22.6 Å². The summed E-state index contributed by atoms with van der Waals surface area (Å²) in [5.74, 6) is -1.84. The second kappa shape index (κ2) is 7.04. The van der Waals surface area contributed by atoms with Gasteiger partial charge in [0.25, 0.3) is 0 Å². The predicted octanol–water partition coefficient (Wildman–Crippen LogP) is 2.36. The summed E-state index contributed by atoms with van der Waals surface area (Å²) >= 11 is 0. The van der Waals surface area contributed by atoms with Gasteiger partial charge in [-0.15, -0.1) is 0 Å². The standard InChI is InChI=1S/C17H19NO4/c1-11(10-22-2)16(19)18-15(17(20)21)14-8-7-12-5-3-4-6-13(12)9-14/h3-9,11,15H,10H2,1-2H3,(H,18,19)(H,20,21). The Hall–Kier alpha value is -2.40. The topological polar surface area (TPSA) is 75.6 Å². The van der Waals surface area contributed by atoms with E-state index in [2.05, 4.69) is 5.32 Å². The number of hydrogen-bond acceptors (Lipinski definition) is 3. The van der Waals surface area contributed by atoms with Gasteiger partial charge in [-0.05, 0) is 22.4 Å². The third-order valence-corrected chi connectivity index (χ3v) is 3.50. The molecule has 0 saturated heterocycles. The van der Waals surface area contributed by atoms with Crippen molar-refractivity contribution in [2.45, 2.75) is 13.0 Å². The molecule has 0 heterocycles. The molecule has 0 spiro atoms. The van der Waals surface area contributed by atoms with Crippen LogP contribution in [-0.4, -0.2) is 30.7 Å². The maximum absolute atomic E-state index is 12.0. The van der Waals surface area contributed by atoms with E-state index in [1.54, 1.807) is 19.1 Å². The summed E-state index contributed by atoms with van der Waals surface area (Å²) in [6.07, 6.45) is 0. The Morgan fingerprint density at radius 1 is 1.18 bits per heavy atom. The molecule has 2 unspecified atom stereocenters. The van der Waals surface area contributed by atoms with Crippen LogP contribution < -0.4 is 5.32 Å². The molecule has 0 saturated carbocycles. The van der Waals surface area contributed by atoms with E-state index in [9.17, 15) is 14.7 Å². The van der Waals surface area contributed by atoms with Crippen molar-refractivity contribution < 1.29 is 19.4 Å². The number of carbonyl (C=O) groups excluding carboxylic acids is 1. The Balaban J connectivity index is 2.26. The number of aliphatic carboxylic acids is 1. The molecule has 0 bridgehead atoms. The molecule has 2 aromatic carbocycles. The monoisotopic (exact) mass is 301 g/mol. The average Bonchev–Trinajstić information content (AvgIpc) is 2.51. The smallest absolute Gasteiger partial charge is 0.330 e. The van der Waals surface area contributed by atoms with E-state index in [4.69, 9.17) is 4.74 Å². The third-order valence-electron chi connectivity index (χ3n) is 3.50. The first kappa shape index (κ1) is 16.0. The Bertz CT molecular complexity index is 683. The first-order valence-corrected chi connectivity index (χ1v) is 7.03. The van der Waals surface area contributed by atoms with Gasteiger partial charge in [0.2, 0.25) is 5.91 Å². The van der Waals surface area contributed by atoms with Crippen LogP contribution in [0.3, 0.4) is 0 Å². The number of methoxy groups -OCH3 is 1. The molecule has 22 heavy (non-hydrogen) atoms. The number of amides is 1. The minimum atomic E-state index is -1.09. The van der Waals surface area contributed by atoms with Crippen molar-refractivity contribution in [1.29, 1.82) is 0 Å². The van der Waals surface area contributed by atoms with Crippen LogP contribution in [0.25, 0.3) is 10.8 Å². The van der Waals surface area contributed by atoms with E-state index in [0.717, 1.165) is 10.8 Å². The summed E-state index contributed by atoms with van der Waals surface area (Å²) in [6, 6.07) is 12.0. The summed E-state index contributed by atoms with van der Waals surface area (Å²) < 4.78 is 4.92. The lowest BCUT2D eigenvalue weighted by atomic mass is 10.0. The lowest BCUT2D eigenvalue weighted by Gasteiger charge is -2.18. The highest BCUT2D eigenvalue weighted by Crippen LogP contribution is 2.21. The highest BCUT2D eigenvalue weighted by Gasteiger charge is 2.24. The molecule has 2 N–H and O–H groups in total. The SMILES string of the molecule is COCC(C)C(=O)NC(C(=O)O)c1ccc2ccccc2c1. The molecule has 0 aliphatic carbocycles. The van der Waals surface area contributed by atoms with Crippen LogP contribution in [-0.2, 0) is 14.3 Å². The van der Waals surface area contributed by atoms with E-state index in [1.807, 2.05) is 30.3 Å². The summed E-state index contributed by atoms with van der Waals surface area (Å²) in [4.78, 5) is 23.5. The zero-order chi connectivity index (χ0) is 16.1. The van der Waals surface area contributed by atoms with Crippen molar-refractivity contribution in [3.05, 3.63) is 48.0 Å². The van der Waals surface area contributed by atoms with Gasteiger partial charge in [0.1, 0.15) is 0 Å². The molecule has 0 aliphatic heterocycles. The first-order chi connectivity index (χ1) is 10.5. The molecule has 0 radical (unpaired) electrons. The predicted molar refractivity (Wildman–Crippen MR) is 83.5 cm³/mol. The number of fused-ring (bicyclic) bond motifs is 1. The van der Waals surface area contributed by atoms with E-state index >= 15 is 0 Å². The van der Waals surface area contributed by atoms with Gasteiger partial charge in [0.15, 0.2) is 6.04 Å². The van der Waals surface area contributed by atoms with Gasteiger partial charge in [0, 0.05) is 7.11 Å². The second-order valence-electron chi connectivity index (χ2n) is 5.24. The minimum absolute atomic E-state index is 0.246. The molecule has 2 atom stereocenters. The van der Waals surface area contributed by atoms with Gasteiger partial charge in [-0.3, -0.25) is 4.79 Å². The molecule has 5 nitrogen and oxygen atoms in total. The molecule has 1 amide bonds. The van der Waals surface area contributed by atoms with Crippen LogP contribution in [0.15, 0.2) is 42.5 Å². The van der Waals surface area contributed by atoms with E-state index in [-0.39, 0.29) is 12.5 Å². The number of carboxylic acid groups (broad SMARTS) is 1. The van der Waals surface area contributed by atoms with E-state index < -0.39 is 17.9 Å². The van der Waals surface area contributed by atoms with Crippen LogP contribution in [0.4, 0.5) is 0 Å². The van der Waals surface area contributed by atoms with Gasteiger partial charge in [0.05, 0.1) is 12.5 Å². The van der Waals surface area contributed by atoms with Gasteiger partial charge in [-0.25, -0.2) is 4.79 Å². The van der Waals surface area contributed by atoms with Crippen LogP contribution in [0.2, 0.25) is 0 Å². The highest BCUT2D eigenvalue weighted by atomic mass is 16.5. The summed E-state index contributed by atoms with van der Waals surface area (Å²) in [7, 11) is 1.50. The fraction of sp³-hybridized carbons (Fsp3) is 0.294. The maximum Gasteiger partial charge on any atom is 0.330 e. The number of hydrogen-bond donors (Lipinski definition) is 2. The van der Waals surface area contributed by atoms with Crippen LogP contribution in [0, 0.1) is 5.92 Å². The zero-order valence-electron chi connectivity index (χ0n) is 12.6. The Kier molecular flexibility index (Phi) is 5.12. The van der Waals surface area contributed by atoms with E-state index in [0.29, 0.717) is 5.56 Å². The van der Waals surface area contributed by atoms with Gasteiger partial charge in [-0.2, -0.15) is 0 Å². The van der Waals surface area contributed by atoms with Gasteiger partial charge in [-0.1, -0.05) is 43.3 Å². The number of carboxylic acids is 1. The van der Waals surface area contributed by atoms with Crippen molar-refractivity contribution in [1.82, 2.24) is 5.32 Å². The van der Waals surface area contributed by atoms with E-state index in [1.165, 1.54) is 7.11 Å². The fourth-order valence-corrected chi connectivity index (χ4v) is 2.29. The van der Waals surface area contributed by atoms with Crippen molar-refractivity contribution in [3.8, 4) is 0 Å². The Labute approximate surface area is 128 Å². The fourth-order valence-electron chi connectivity index (χ4n) is 2.29. The van der Waals surface area contributed by atoms with Crippen molar-refractivity contribution in [2.75, 3.05) is 13.7 Å². The largest absolute Gasteiger partial charge is 0.479 e. The molecular formula is C17H19NO4. The van der Waals surface area contributed by atoms with Crippen LogP contribution in [0.5, 0.6) is 0 Å². The Morgan fingerprint density at radius 3 is 2.50 bits per heavy atom. The number of carbonyl (C=O) groups is 2. The molecule has 0 aromatic heterocycles. The molecule has 5 heteroatoms. The van der Waals surface area contributed by atoms with Gasteiger partial charge < -0.3 is 15.2 Å². The maximum atomic E-state index is 12.0. The number of rotatable bonds is 6. The normalized spacial score (nSPS) is 13.5. The lowest BCUT2D eigenvalue weighted by molar-refractivity contribution is -0.142. The Morgan fingerprint density at radius 2 is 1.86 bits per heavy atom. The van der Waals surface area contributed by atoms with Crippen molar-refractivity contribution in [3.63, 3.8) is 0 Å². The number of benzene rings is 2. The summed E-state index contributed by atoms with van der Waals surface area (Å²) in [6.45, 7) is 1.94. The number of nitrogens with one attached hydrogen (secondary N) is 1. The highest BCUT2D eigenvalue weighted by molar-refractivity contribution is 5.88. The first-order valence-electron chi connectivity index (χ1n) is 7.03. The third kappa shape index (κ3) is 3.62. The van der Waals surface area contributed by atoms with Crippen molar-refractivity contribution in [2.24, 2.45) is 5.92 Å². The number of ether oxygens (including phenoxy) is 1. The molecular weight excluding hydrogens is 282 g/mol.